The van der Waals surface area contributed by atoms with Crippen molar-refractivity contribution in [2.75, 3.05) is 31.9 Å². The molecule has 0 saturated heterocycles. The molecule has 6 N–H and O–H groups in total. The first-order valence-corrected chi connectivity index (χ1v) is 38.1. The Hall–Kier alpha value is -7.06. The number of aryl methyl sites for hydroxylation is 4. The molecule has 0 saturated carbocycles. The highest BCUT2D eigenvalue weighted by Gasteiger charge is 2.19. The smallest absolute Gasteiger partial charge is 0.0725 e. The zero-order chi connectivity index (χ0) is 72.7. The van der Waals surface area contributed by atoms with E-state index in [-0.39, 0.29) is 0 Å². The summed E-state index contributed by atoms with van der Waals surface area (Å²) in [6.07, 6.45) is 17.5. The van der Waals surface area contributed by atoms with Crippen LogP contribution < -0.4 is 31.9 Å². The van der Waals surface area contributed by atoms with Crippen LogP contribution in [-0.2, 0) is 25.7 Å². The summed E-state index contributed by atoms with van der Waals surface area (Å²) in [7, 11) is 0. The summed E-state index contributed by atoms with van der Waals surface area (Å²) >= 11 is 0. The van der Waals surface area contributed by atoms with Gasteiger partial charge in [0.15, 0.2) is 0 Å². The molecule has 0 radical (unpaired) electrons. The van der Waals surface area contributed by atoms with Crippen molar-refractivity contribution in [1.29, 1.82) is 0 Å². The summed E-state index contributed by atoms with van der Waals surface area (Å²) in [5, 5.41) is 24.9. The fourth-order valence-electron chi connectivity index (χ4n) is 12.7. The summed E-state index contributed by atoms with van der Waals surface area (Å²) in [6.45, 7) is 59.7. The minimum atomic E-state index is 0.431. The predicted octanol–water partition coefficient (Wildman–Crippen LogP) is 26.0. The van der Waals surface area contributed by atoms with E-state index in [9.17, 15) is 0 Å². The fraction of sp³-hybridized carbons (Fsp3) is 0.533. The van der Waals surface area contributed by atoms with Crippen molar-refractivity contribution in [2.45, 2.75) is 316 Å². The largest absolute Gasteiger partial charge is 0.383 e. The SMILES string of the molecule is CC(C)Nc1cc(C(C)C)cc2c1CCC2.CC(C)Nc1cc(C(C)C)cc2c1CCCCCC2.CC(C)Nc1cc(C(C)C)cc2cnccc12.CC(C)Nc1cc(C(C)C)cc2ncccc12.Cc1cc(C(C)C)cc(NC(C)C)c1C.Cc1cc(NC(C)C)cc(C(C)C)c1. The first-order valence-electron chi connectivity index (χ1n) is 38.1. The van der Waals surface area contributed by atoms with Gasteiger partial charge in [0.05, 0.1) is 5.52 Å². The van der Waals surface area contributed by atoms with E-state index in [0.717, 1.165) is 5.52 Å². The van der Waals surface area contributed by atoms with Crippen LogP contribution in [0.1, 0.15) is 306 Å². The number of pyridine rings is 2. The summed E-state index contributed by atoms with van der Waals surface area (Å²) < 4.78 is 0. The van der Waals surface area contributed by atoms with E-state index in [1.807, 2.05) is 24.7 Å². The Morgan fingerprint density at radius 2 is 0.724 bits per heavy atom. The number of hydrogen-bond donors (Lipinski definition) is 6. The molecule has 0 fully saturated rings. The van der Waals surface area contributed by atoms with Crippen LogP contribution in [0.2, 0.25) is 0 Å². The number of anilines is 6. The van der Waals surface area contributed by atoms with Gasteiger partial charge in [0.1, 0.15) is 0 Å². The van der Waals surface area contributed by atoms with Crippen LogP contribution in [-0.4, -0.2) is 46.2 Å². The van der Waals surface area contributed by atoms with Crippen molar-refractivity contribution in [2.24, 2.45) is 0 Å². The van der Waals surface area contributed by atoms with E-state index < -0.39 is 0 Å². The molecule has 98 heavy (non-hydrogen) atoms. The van der Waals surface area contributed by atoms with E-state index in [1.165, 1.54) is 158 Å². The molecule has 0 atom stereocenters. The van der Waals surface area contributed by atoms with Crippen LogP contribution in [0.15, 0.2) is 116 Å². The van der Waals surface area contributed by atoms with Crippen molar-refractivity contribution < 1.29 is 0 Å². The number of hydrogen-bond acceptors (Lipinski definition) is 8. The number of nitrogens with one attached hydrogen (secondary N) is 6. The average Bonchev–Trinajstić information content (AvgIpc) is 1.74. The van der Waals surface area contributed by atoms with Gasteiger partial charge in [0, 0.05) is 105 Å². The van der Waals surface area contributed by atoms with Crippen LogP contribution in [0, 0.1) is 20.8 Å². The normalized spacial score (nSPS) is 12.8. The quantitative estimate of drug-likeness (QED) is 0.0506. The Morgan fingerprint density at radius 1 is 0.327 bits per heavy atom. The molecule has 2 aliphatic rings. The Balaban J connectivity index is 0.000000213. The minimum Gasteiger partial charge on any atom is -0.383 e. The lowest BCUT2D eigenvalue weighted by molar-refractivity contribution is 0.616. The molecule has 8 heteroatoms. The molecule has 0 aliphatic heterocycles. The first-order chi connectivity index (χ1) is 46.2. The molecule has 0 unspecified atom stereocenters. The van der Waals surface area contributed by atoms with Gasteiger partial charge in [-0.25, -0.2) is 0 Å². The average molecular weight is 1330 g/mol. The second kappa shape index (κ2) is 39.7. The third-order valence-electron chi connectivity index (χ3n) is 18.2. The van der Waals surface area contributed by atoms with Crippen LogP contribution in [0.5, 0.6) is 0 Å². The first kappa shape index (κ1) is 81.6. The zero-order valence-corrected chi connectivity index (χ0v) is 66.7. The summed E-state index contributed by atoms with van der Waals surface area (Å²) in [6, 6.07) is 38.9. The van der Waals surface area contributed by atoms with Gasteiger partial charge in [-0.3, -0.25) is 9.97 Å². The molecule has 8 aromatic rings. The Labute approximate surface area is 598 Å². The molecule has 536 valence electrons. The van der Waals surface area contributed by atoms with Crippen molar-refractivity contribution in [3.63, 3.8) is 0 Å². The van der Waals surface area contributed by atoms with Gasteiger partial charge in [-0.15, -0.1) is 0 Å². The van der Waals surface area contributed by atoms with Gasteiger partial charge in [-0.2, -0.15) is 0 Å². The number of aromatic nitrogens is 2. The Bertz CT molecular complexity index is 3610. The number of rotatable bonds is 18. The van der Waals surface area contributed by atoms with Crippen molar-refractivity contribution >= 4 is 55.8 Å². The highest BCUT2D eigenvalue weighted by molar-refractivity contribution is 5.94. The second-order valence-electron chi connectivity index (χ2n) is 31.8. The Morgan fingerprint density at radius 3 is 1.22 bits per heavy atom. The second-order valence-corrected chi connectivity index (χ2v) is 31.8. The van der Waals surface area contributed by atoms with Gasteiger partial charge < -0.3 is 31.9 Å². The lowest BCUT2D eigenvalue weighted by atomic mass is 9.88. The lowest BCUT2D eigenvalue weighted by Gasteiger charge is -2.23. The highest BCUT2D eigenvalue weighted by Crippen LogP contribution is 2.36. The van der Waals surface area contributed by atoms with Gasteiger partial charge in [-0.1, -0.05) is 120 Å². The summed E-state index contributed by atoms with van der Waals surface area (Å²) in [5.41, 5.74) is 27.7. The van der Waals surface area contributed by atoms with E-state index in [2.05, 4.69) is 320 Å². The summed E-state index contributed by atoms with van der Waals surface area (Å²) in [4.78, 5) is 8.66. The van der Waals surface area contributed by atoms with E-state index in [0.29, 0.717) is 71.8 Å². The van der Waals surface area contributed by atoms with Crippen LogP contribution in [0.3, 0.4) is 0 Å². The number of fused-ring (bicyclic) bond motifs is 4. The predicted molar refractivity (Wildman–Crippen MR) is 438 cm³/mol. The molecule has 6 aromatic carbocycles. The maximum absolute atomic E-state index is 4.45. The molecule has 2 aromatic heterocycles. The van der Waals surface area contributed by atoms with Crippen LogP contribution in [0.25, 0.3) is 21.7 Å². The molecule has 0 amide bonds. The molecule has 2 heterocycles. The van der Waals surface area contributed by atoms with Crippen molar-refractivity contribution in [3.8, 4) is 0 Å². The molecular formula is C90H136N8. The molecule has 0 spiro atoms. The van der Waals surface area contributed by atoms with E-state index in [1.54, 1.807) is 22.3 Å². The van der Waals surface area contributed by atoms with Crippen LogP contribution in [0.4, 0.5) is 34.1 Å². The van der Waals surface area contributed by atoms with E-state index in [4.69, 9.17) is 0 Å². The fourth-order valence-corrected chi connectivity index (χ4v) is 12.7. The molecule has 0 bridgehead atoms. The van der Waals surface area contributed by atoms with E-state index >= 15 is 0 Å². The lowest BCUT2D eigenvalue weighted by Crippen LogP contribution is -2.14. The van der Waals surface area contributed by atoms with Crippen molar-refractivity contribution in [1.82, 2.24) is 9.97 Å². The third kappa shape index (κ3) is 26.2. The van der Waals surface area contributed by atoms with Gasteiger partial charge in [-0.05, 0) is 329 Å². The highest BCUT2D eigenvalue weighted by atomic mass is 14.9. The number of benzene rings is 6. The minimum absolute atomic E-state index is 0.431. The molecule has 2 aliphatic carbocycles. The molecular weight excluding hydrogens is 1190 g/mol. The standard InChI is InChI=1S/C18H29N.2C15H20N2.C15H23N.C14H23N.C13H21N/c1-13(2)16-11-15-9-7-5-6-8-10-17(15)18(12-16)19-14(3)4;1-10(2)12-7-13-9-16-6-5-14(13)15(8-12)17-11(3)4;1-10(2)12-8-14-13(6-5-7-16-14)15(9-12)17-11(3)4;1-10(2)13-8-12-6-5-7-14(12)15(9-13)16-11(3)4;1-9(2)13-7-11(5)12(6)14(8-13)15-10(3)4;1-9(2)12-6-11(5)7-13(8-12)14-10(3)4/h11-14,19H,5-10H2,1-4H3;2*5-11,17H,1-4H3;8-11,16H,5-7H2,1-4H3;7-10,15H,1-6H3;6-10,14H,1-5H3. The topological polar surface area (TPSA) is 98.0 Å². The molecule has 10 rings (SSSR count). The third-order valence-corrected chi connectivity index (χ3v) is 18.2. The van der Waals surface area contributed by atoms with Gasteiger partial charge in [0.2, 0.25) is 0 Å². The van der Waals surface area contributed by atoms with Gasteiger partial charge in [0.25, 0.3) is 0 Å². The van der Waals surface area contributed by atoms with Crippen LogP contribution >= 0.6 is 0 Å². The maximum atomic E-state index is 4.45. The monoisotopic (exact) mass is 1330 g/mol. The zero-order valence-electron chi connectivity index (χ0n) is 66.7. The Kier molecular flexibility index (Phi) is 33.0. The van der Waals surface area contributed by atoms with Crippen molar-refractivity contribution in [3.05, 3.63) is 188 Å². The maximum Gasteiger partial charge on any atom is 0.0725 e. The van der Waals surface area contributed by atoms with Gasteiger partial charge >= 0.3 is 0 Å². The molecule has 8 nitrogen and oxygen atoms in total. The number of nitrogens with zero attached hydrogens (tertiary/aromatic N) is 2. The summed E-state index contributed by atoms with van der Waals surface area (Å²) in [5.74, 6) is 3.49.